The summed E-state index contributed by atoms with van der Waals surface area (Å²) in [5.74, 6) is 0.195. The maximum atomic E-state index is 13.2. The fraction of sp³-hybridized carbons (Fsp3) is 0.333. The van der Waals surface area contributed by atoms with E-state index < -0.39 is 0 Å². The average Bonchev–Trinajstić information content (AvgIpc) is 2.64. The molecule has 0 aliphatic carbocycles. The lowest BCUT2D eigenvalue weighted by Gasteiger charge is -2.30. The lowest BCUT2D eigenvalue weighted by atomic mass is 9.98. The SMILES string of the molecule is Cc1ccc2c(c1)CCCN2C(=O)c1ccccc1OCC(=O)N(C)C. The van der Waals surface area contributed by atoms with Crippen molar-refractivity contribution in [3.63, 3.8) is 0 Å². The molecule has 26 heavy (non-hydrogen) atoms. The first-order chi connectivity index (χ1) is 12.5. The largest absolute Gasteiger partial charge is 0.483 e. The summed E-state index contributed by atoms with van der Waals surface area (Å²) in [5, 5.41) is 0. The maximum absolute atomic E-state index is 13.2. The number of anilines is 1. The van der Waals surface area contributed by atoms with Gasteiger partial charge >= 0.3 is 0 Å². The zero-order chi connectivity index (χ0) is 18.7. The Kier molecular flexibility index (Phi) is 5.26. The van der Waals surface area contributed by atoms with Gasteiger partial charge in [0.05, 0.1) is 5.56 Å². The molecule has 0 fully saturated rings. The monoisotopic (exact) mass is 352 g/mol. The van der Waals surface area contributed by atoms with E-state index in [0.29, 0.717) is 17.9 Å². The second-order valence-electron chi connectivity index (χ2n) is 6.77. The number of carbonyl (C=O) groups excluding carboxylic acids is 2. The van der Waals surface area contributed by atoms with Gasteiger partial charge in [0.25, 0.3) is 11.8 Å². The molecule has 0 spiro atoms. The Balaban J connectivity index is 1.86. The smallest absolute Gasteiger partial charge is 0.262 e. The van der Waals surface area contributed by atoms with Crippen LogP contribution in [-0.4, -0.2) is 44.0 Å². The molecule has 0 radical (unpaired) electrons. The number of ether oxygens (including phenoxy) is 1. The Morgan fingerprint density at radius 2 is 1.92 bits per heavy atom. The van der Waals surface area contributed by atoms with Crippen molar-refractivity contribution in [3.05, 3.63) is 59.2 Å². The normalized spacial score (nSPS) is 13.1. The Morgan fingerprint density at radius 3 is 2.69 bits per heavy atom. The molecule has 0 N–H and O–H groups in total. The highest BCUT2D eigenvalue weighted by atomic mass is 16.5. The second kappa shape index (κ2) is 7.60. The van der Waals surface area contributed by atoms with Crippen LogP contribution in [0.15, 0.2) is 42.5 Å². The van der Waals surface area contributed by atoms with Gasteiger partial charge in [0.2, 0.25) is 0 Å². The quantitative estimate of drug-likeness (QED) is 0.850. The minimum Gasteiger partial charge on any atom is -0.483 e. The van der Waals surface area contributed by atoms with Crippen molar-refractivity contribution in [2.45, 2.75) is 19.8 Å². The molecule has 0 unspecified atom stereocenters. The number of fused-ring (bicyclic) bond motifs is 1. The topological polar surface area (TPSA) is 49.9 Å². The van der Waals surface area contributed by atoms with E-state index in [9.17, 15) is 9.59 Å². The van der Waals surface area contributed by atoms with E-state index in [1.54, 1.807) is 32.3 Å². The molecule has 1 heterocycles. The number of para-hydroxylation sites is 1. The third-order valence-corrected chi connectivity index (χ3v) is 4.57. The number of rotatable bonds is 4. The van der Waals surface area contributed by atoms with Crippen LogP contribution in [0.25, 0.3) is 0 Å². The number of aryl methyl sites for hydroxylation is 2. The molecule has 0 atom stereocenters. The standard InChI is InChI=1S/C21H24N2O3/c1-15-10-11-18-16(13-15)7-6-12-23(18)21(25)17-8-4-5-9-19(17)26-14-20(24)22(2)3/h4-5,8-11,13H,6-7,12,14H2,1-3H3. The lowest BCUT2D eigenvalue weighted by molar-refractivity contribution is -0.130. The maximum Gasteiger partial charge on any atom is 0.262 e. The van der Waals surface area contributed by atoms with E-state index >= 15 is 0 Å². The summed E-state index contributed by atoms with van der Waals surface area (Å²) in [5.41, 5.74) is 3.84. The van der Waals surface area contributed by atoms with E-state index in [2.05, 4.69) is 13.0 Å². The molecule has 1 aliphatic heterocycles. The number of benzene rings is 2. The van der Waals surface area contributed by atoms with Crippen molar-refractivity contribution in [1.29, 1.82) is 0 Å². The van der Waals surface area contributed by atoms with Crippen LogP contribution in [0.5, 0.6) is 5.75 Å². The number of likely N-dealkylation sites (N-methyl/N-ethyl adjacent to an activating group) is 1. The van der Waals surface area contributed by atoms with Crippen LogP contribution in [0.4, 0.5) is 5.69 Å². The zero-order valence-corrected chi connectivity index (χ0v) is 15.5. The lowest BCUT2D eigenvalue weighted by Crippen LogP contribution is -2.36. The van der Waals surface area contributed by atoms with Gasteiger partial charge in [-0.3, -0.25) is 9.59 Å². The third kappa shape index (κ3) is 3.72. The highest BCUT2D eigenvalue weighted by molar-refractivity contribution is 6.08. The van der Waals surface area contributed by atoms with Crippen LogP contribution in [0.3, 0.4) is 0 Å². The van der Waals surface area contributed by atoms with Gasteiger partial charge in [-0.05, 0) is 43.5 Å². The van der Waals surface area contributed by atoms with Gasteiger partial charge in [-0.25, -0.2) is 0 Å². The first-order valence-electron chi connectivity index (χ1n) is 8.81. The molecule has 2 aromatic rings. The summed E-state index contributed by atoms with van der Waals surface area (Å²) >= 11 is 0. The van der Waals surface area contributed by atoms with Crippen LogP contribution in [-0.2, 0) is 11.2 Å². The third-order valence-electron chi connectivity index (χ3n) is 4.57. The van der Waals surface area contributed by atoms with E-state index in [1.165, 1.54) is 16.0 Å². The molecule has 0 saturated carbocycles. The van der Waals surface area contributed by atoms with Crippen molar-refractivity contribution in [1.82, 2.24) is 4.90 Å². The minimum atomic E-state index is -0.147. The average molecular weight is 352 g/mol. The summed E-state index contributed by atoms with van der Waals surface area (Å²) in [6.07, 6.45) is 1.92. The number of nitrogens with zero attached hydrogens (tertiary/aromatic N) is 2. The van der Waals surface area contributed by atoms with Gasteiger partial charge in [-0.2, -0.15) is 0 Å². The van der Waals surface area contributed by atoms with Gasteiger partial charge in [0, 0.05) is 26.3 Å². The van der Waals surface area contributed by atoms with E-state index in [0.717, 1.165) is 18.5 Å². The molecule has 3 rings (SSSR count). The van der Waals surface area contributed by atoms with Gasteiger partial charge in [-0.1, -0.05) is 29.8 Å². The number of amides is 2. The molecule has 0 saturated heterocycles. The van der Waals surface area contributed by atoms with Crippen molar-refractivity contribution in [2.24, 2.45) is 0 Å². The molecule has 0 bridgehead atoms. The van der Waals surface area contributed by atoms with Crippen molar-refractivity contribution in [2.75, 3.05) is 32.1 Å². The van der Waals surface area contributed by atoms with Crippen LogP contribution in [0.2, 0.25) is 0 Å². The highest BCUT2D eigenvalue weighted by Crippen LogP contribution is 2.31. The van der Waals surface area contributed by atoms with Crippen molar-refractivity contribution in [3.8, 4) is 5.75 Å². The predicted molar refractivity (Wildman–Crippen MR) is 102 cm³/mol. The molecular weight excluding hydrogens is 328 g/mol. The fourth-order valence-electron chi connectivity index (χ4n) is 3.12. The van der Waals surface area contributed by atoms with Gasteiger partial charge in [0.1, 0.15) is 5.75 Å². The van der Waals surface area contributed by atoms with Gasteiger partial charge < -0.3 is 14.5 Å². The van der Waals surface area contributed by atoms with E-state index in [-0.39, 0.29) is 18.4 Å². The Hall–Kier alpha value is -2.82. The molecule has 2 amide bonds. The zero-order valence-electron chi connectivity index (χ0n) is 15.5. The number of carbonyl (C=O) groups is 2. The first-order valence-corrected chi connectivity index (χ1v) is 8.81. The van der Waals surface area contributed by atoms with Crippen molar-refractivity contribution < 1.29 is 14.3 Å². The highest BCUT2D eigenvalue weighted by Gasteiger charge is 2.25. The van der Waals surface area contributed by atoms with Gasteiger partial charge in [-0.15, -0.1) is 0 Å². The molecule has 1 aliphatic rings. The molecule has 5 nitrogen and oxygen atoms in total. The summed E-state index contributed by atoms with van der Waals surface area (Å²) in [6.45, 7) is 2.65. The van der Waals surface area contributed by atoms with Crippen LogP contribution in [0.1, 0.15) is 27.9 Å². The Bertz CT molecular complexity index is 830. The Morgan fingerprint density at radius 1 is 1.15 bits per heavy atom. The second-order valence-corrected chi connectivity index (χ2v) is 6.77. The summed E-state index contributed by atoms with van der Waals surface area (Å²) in [6, 6.07) is 13.3. The summed E-state index contributed by atoms with van der Waals surface area (Å²) in [4.78, 5) is 28.3. The first kappa shape index (κ1) is 18.0. The summed E-state index contributed by atoms with van der Waals surface area (Å²) in [7, 11) is 3.35. The molecule has 136 valence electrons. The van der Waals surface area contributed by atoms with Crippen LogP contribution >= 0.6 is 0 Å². The number of hydrogen-bond acceptors (Lipinski definition) is 3. The Labute approximate surface area is 154 Å². The summed E-state index contributed by atoms with van der Waals surface area (Å²) < 4.78 is 5.64. The number of hydrogen-bond donors (Lipinski definition) is 0. The fourth-order valence-corrected chi connectivity index (χ4v) is 3.12. The van der Waals surface area contributed by atoms with Gasteiger partial charge in [0.15, 0.2) is 6.61 Å². The predicted octanol–water partition coefficient (Wildman–Crippen LogP) is 3.06. The van der Waals surface area contributed by atoms with Crippen LogP contribution in [0, 0.1) is 6.92 Å². The van der Waals surface area contributed by atoms with E-state index in [4.69, 9.17) is 4.74 Å². The van der Waals surface area contributed by atoms with Crippen molar-refractivity contribution >= 4 is 17.5 Å². The van der Waals surface area contributed by atoms with E-state index in [1.807, 2.05) is 23.1 Å². The molecule has 5 heteroatoms. The minimum absolute atomic E-state index is 0.0902. The molecular formula is C21H24N2O3. The van der Waals surface area contributed by atoms with Crippen LogP contribution < -0.4 is 9.64 Å². The molecule has 0 aromatic heterocycles. The molecule has 2 aromatic carbocycles.